The Labute approximate surface area is 161 Å². The van der Waals surface area contributed by atoms with E-state index in [0.29, 0.717) is 26.0 Å². The third kappa shape index (κ3) is 7.62. The molecule has 1 saturated carbocycles. The van der Waals surface area contributed by atoms with E-state index < -0.39 is 0 Å². The van der Waals surface area contributed by atoms with Gasteiger partial charge in [0.1, 0.15) is 5.75 Å². The van der Waals surface area contributed by atoms with Gasteiger partial charge in [-0.2, -0.15) is 0 Å². The average molecular weight is 385 g/mol. The molecule has 3 N–H and O–H groups in total. The number of nitrogens with one attached hydrogen (secondary N) is 1. The van der Waals surface area contributed by atoms with Gasteiger partial charge in [0.05, 0.1) is 13.7 Å². The molecular weight excluding hydrogens is 356 g/mol. The van der Waals surface area contributed by atoms with Gasteiger partial charge in [-0.3, -0.25) is 9.59 Å². The van der Waals surface area contributed by atoms with Crippen LogP contribution >= 0.6 is 12.4 Å². The Balaban J connectivity index is 0.00000338. The minimum absolute atomic E-state index is 0. The second-order valence-corrected chi connectivity index (χ2v) is 6.51. The van der Waals surface area contributed by atoms with Gasteiger partial charge in [0.2, 0.25) is 5.91 Å². The van der Waals surface area contributed by atoms with Crippen molar-refractivity contribution in [2.24, 2.45) is 11.7 Å². The molecule has 2 atom stereocenters. The molecule has 0 aliphatic heterocycles. The Hall–Kier alpha value is -1.79. The molecule has 1 aliphatic carbocycles. The molecule has 1 aromatic rings. The molecule has 0 heterocycles. The lowest BCUT2D eigenvalue weighted by Crippen LogP contribution is -2.37. The van der Waals surface area contributed by atoms with Crippen molar-refractivity contribution in [1.82, 2.24) is 5.32 Å². The van der Waals surface area contributed by atoms with Gasteiger partial charge in [0.15, 0.2) is 0 Å². The van der Waals surface area contributed by atoms with Gasteiger partial charge in [-0.05, 0) is 43.4 Å². The monoisotopic (exact) mass is 384 g/mol. The zero-order valence-corrected chi connectivity index (χ0v) is 16.1. The summed E-state index contributed by atoms with van der Waals surface area (Å²) in [5.41, 5.74) is 6.97. The van der Waals surface area contributed by atoms with Crippen molar-refractivity contribution in [3.05, 3.63) is 29.8 Å². The Morgan fingerprint density at radius 2 is 1.96 bits per heavy atom. The molecule has 2 rings (SSSR count). The predicted octanol–water partition coefficient (Wildman–Crippen LogP) is 2.57. The number of methoxy groups -OCH3 is 1. The van der Waals surface area contributed by atoms with Gasteiger partial charge in [-0.15, -0.1) is 12.4 Å². The zero-order chi connectivity index (χ0) is 18.1. The summed E-state index contributed by atoms with van der Waals surface area (Å²) < 4.78 is 10.2. The average Bonchev–Trinajstić information content (AvgIpc) is 2.64. The van der Waals surface area contributed by atoms with Crippen molar-refractivity contribution >= 4 is 24.3 Å². The first kappa shape index (κ1) is 22.3. The highest BCUT2D eigenvalue weighted by Gasteiger charge is 2.24. The largest absolute Gasteiger partial charge is 0.494 e. The smallest absolute Gasteiger partial charge is 0.305 e. The molecule has 0 aromatic heterocycles. The number of ether oxygens (including phenoxy) is 2. The van der Waals surface area contributed by atoms with Gasteiger partial charge < -0.3 is 20.5 Å². The normalized spacial score (nSPS) is 19.2. The van der Waals surface area contributed by atoms with Crippen molar-refractivity contribution in [1.29, 1.82) is 0 Å². The van der Waals surface area contributed by atoms with E-state index in [1.165, 1.54) is 7.11 Å². The summed E-state index contributed by atoms with van der Waals surface area (Å²) in [6.07, 6.45) is 4.73. The zero-order valence-electron chi connectivity index (χ0n) is 15.2. The summed E-state index contributed by atoms with van der Waals surface area (Å²) in [4.78, 5) is 23.2. The maximum atomic E-state index is 12.2. The van der Waals surface area contributed by atoms with E-state index in [9.17, 15) is 9.59 Å². The van der Waals surface area contributed by atoms with E-state index in [-0.39, 0.29) is 36.2 Å². The number of amides is 1. The van der Waals surface area contributed by atoms with E-state index >= 15 is 0 Å². The lowest BCUT2D eigenvalue weighted by atomic mass is 9.85. The van der Waals surface area contributed by atoms with Crippen LogP contribution in [0.4, 0.5) is 0 Å². The quantitative estimate of drug-likeness (QED) is 0.531. The number of esters is 1. The first-order chi connectivity index (χ1) is 12.1. The number of rotatable bonds is 8. The summed E-state index contributed by atoms with van der Waals surface area (Å²) >= 11 is 0. The van der Waals surface area contributed by atoms with E-state index in [4.69, 9.17) is 10.5 Å². The van der Waals surface area contributed by atoms with E-state index in [1.807, 2.05) is 24.3 Å². The lowest BCUT2D eigenvalue weighted by Gasteiger charge is -2.25. The Morgan fingerprint density at radius 3 is 2.62 bits per heavy atom. The highest BCUT2D eigenvalue weighted by atomic mass is 35.5. The molecule has 6 nitrogen and oxygen atoms in total. The van der Waals surface area contributed by atoms with E-state index in [2.05, 4.69) is 10.1 Å². The molecule has 146 valence electrons. The molecule has 0 saturated heterocycles. The fraction of sp³-hybridized carbons (Fsp3) is 0.579. The van der Waals surface area contributed by atoms with Crippen molar-refractivity contribution in [2.75, 3.05) is 13.7 Å². The fourth-order valence-electron chi connectivity index (χ4n) is 3.01. The number of benzene rings is 1. The van der Waals surface area contributed by atoms with Crippen LogP contribution in [0.3, 0.4) is 0 Å². The maximum Gasteiger partial charge on any atom is 0.305 e. The molecule has 26 heavy (non-hydrogen) atoms. The molecular formula is C19H29ClN2O4. The standard InChI is InChI=1S/C19H28N2O4.ClH/c1-24-18(22)6-3-11-25-17-9-7-14(8-10-17)13-21-19(23)15-4-2-5-16(20)12-15;/h7-10,15-16H,2-6,11-13,20H2,1H3,(H,21,23);1H. The molecule has 0 spiro atoms. The number of carbonyl (C=O) groups excluding carboxylic acids is 2. The second kappa shape index (κ2) is 11.8. The minimum Gasteiger partial charge on any atom is -0.494 e. The molecule has 0 radical (unpaired) electrons. The van der Waals surface area contributed by atoms with Gasteiger partial charge in [-0.1, -0.05) is 18.6 Å². The van der Waals surface area contributed by atoms with Crippen molar-refractivity contribution < 1.29 is 19.1 Å². The van der Waals surface area contributed by atoms with E-state index in [1.54, 1.807) is 0 Å². The van der Waals surface area contributed by atoms with Crippen LogP contribution in [0.15, 0.2) is 24.3 Å². The minimum atomic E-state index is -0.228. The molecule has 1 aromatic carbocycles. The second-order valence-electron chi connectivity index (χ2n) is 6.51. The number of carbonyl (C=O) groups is 2. The molecule has 1 amide bonds. The lowest BCUT2D eigenvalue weighted by molar-refractivity contribution is -0.140. The number of hydrogen-bond acceptors (Lipinski definition) is 5. The van der Waals surface area contributed by atoms with Gasteiger partial charge in [-0.25, -0.2) is 0 Å². The molecule has 1 fully saturated rings. The molecule has 2 unspecified atom stereocenters. The van der Waals surface area contributed by atoms with Gasteiger partial charge in [0.25, 0.3) is 0 Å². The third-order valence-corrected chi connectivity index (χ3v) is 4.50. The summed E-state index contributed by atoms with van der Waals surface area (Å²) in [5, 5.41) is 2.99. The topological polar surface area (TPSA) is 90.6 Å². The number of halogens is 1. The first-order valence-electron chi connectivity index (χ1n) is 8.90. The summed E-state index contributed by atoms with van der Waals surface area (Å²) in [7, 11) is 1.38. The van der Waals surface area contributed by atoms with E-state index in [0.717, 1.165) is 37.0 Å². The van der Waals surface area contributed by atoms with Crippen LogP contribution in [-0.2, 0) is 20.9 Å². The van der Waals surface area contributed by atoms with Crippen molar-refractivity contribution in [3.8, 4) is 5.75 Å². The molecule has 0 bridgehead atoms. The summed E-state index contributed by atoms with van der Waals surface area (Å²) in [6, 6.07) is 7.76. The highest BCUT2D eigenvalue weighted by molar-refractivity contribution is 5.85. The van der Waals surface area contributed by atoms with Crippen LogP contribution in [0.2, 0.25) is 0 Å². The number of hydrogen-bond donors (Lipinski definition) is 2. The number of nitrogens with two attached hydrogens (primary N) is 1. The third-order valence-electron chi connectivity index (χ3n) is 4.50. The van der Waals surface area contributed by atoms with Crippen molar-refractivity contribution in [3.63, 3.8) is 0 Å². The van der Waals surface area contributed by atoms with Gasteiger partial charge >= 0.3 is 5.97 Å². The van der Waals surface area contributed by atoms with Crippen LogP contribution in [-0.4, -0.2) is 31.6 Å². The fourth-order valence-corrected chi connectivity index (χ4v) is 3.01. The molecule has 1 aliphatic rings. The van der Waals surface area contributed by atoms with Crippen LogP contribution in [0.1, 0.15) is 44.1 Å². The van der Waals surface area contributed by atoms with Crippen LogP contribution in [0.5, 0.6) is 5.75 Å². The van der Waals surface area contributed by atoms with Crippen molar-refractivity contribution in [2.45, 2.75) is 51.1 Å². The predicted molar refractivity (Wildman–Crippen MR) is 102 cm³/mol. The first-order valence-corrected chi connectivity index (χ1v) is 8.90. The van der Waals surface area contributed by atoms with Crippen LogP contribution in [0.25, 0.3) is 0 Å². The Morgan fingerprint density at radius 1 is 1.23 bits per heavy atom. The summed E-state index contributed by atoms with van der Waals surface area (Å²) in [5.74, 6) is 0.659. The Kier molecular flexibility index (Phi) is 10.1. The highest BCUT2D eigenvalue weighted by Crippen LogP contribution is 2.23. The maximum absolute atomic E-state index is 12.2. The van der Waals surface area contributed by atoms with Gasteiger partial charge in [0, 0.05) is 24.9 Å². The summed E-state index contributed by atoms with van der Waals surface area (Å²) in [6.45, 7) is 0.973. The van der Waals surface area contributed by atoms with Crippen LogP contribution in [0, 0.1) is 5.92 Å². The van der Waals surface area contributed by atoms with Crippen LogP contribution < -0.4 is 15.8 Å². The SMILES string of the molecule is COC(=O)CCCOc1ccc(CNC(=O)C2CCCC(N)C2)cc1.Cl. The Bertz CT molecular complexity index is 565. The molecule has 7 heteroatoms.